The number of hydrazine groups is 1. The maximum atomic E-state index is 10.00. The maximum absolute atomic E-state index is 10.00. The minimum atomic E-state index is -0.798. The van der Waals surface area contributed by atoms with E-state index in [0.29, 0.717) is 0 Å². The van der Waals surface area contributed by atoms with E-state index in [1.54, 1.807) is 36.8 Å². The first-order chi connectivity index (χ1) is 8.11. The monoisotopic (exact) mass is 238 g/mol. The van der Waals surface area contributed by atoms with Crippen LogP contribution in [0.25, 0.3) is 0 Å². The van der Waals surface area contributed by atoms with Crippen molar-refractivity contribution in [1.29, 1.82) is 0 Å². The van der Waals surface area contributed by atoms with E-state index in [2.05, 4.69) is 10.2 Å². The summed E-state index contributed by atoms with van der Waals surface area (Å²) >= 11 is 0. The van der Waals surface area contributed by atoms with Gasteiger partial charge in [-0.2, -0.15) is 0 Å². The van der Waals surface area contributed by atoms with Crippen LogP contribution in [0.1, 0.15) is 5.56 Å². The highest BCUT2D eigenvalue weighted by Gasteiger charge is 2.00. The van der Waals surface area contributed by atoms with Crippen molar-refractivity contribution in [3.8, 4) is 5.75 Å². The van der Waals surface area contributed by atoms with Crippen molar-refractivity contribution in [1.82, 2.24) is 5.43 Å². The van der Waals surface area contributed by atoms with E-state index >= 15 is 0 Å². The first-order valence-electron chi connectivity index (χ1n) is 4.59. The Morgan fingerprint density at radius 1 is 1.59 bits per heavy atom. The van der Waals surface area contributed by atoms with Crippen molar-refractivity contribution in [2.75, 3.05) is 7.11 Å². The first kappa shape index (κ1) is 12.4. The molecule has 0 radical (unpaired) electrons. The average Bonchev–Trinajstić information content (AvgIpc) is 2.29. The second-order valence-corrected chi connectivity index (χ2v) is 2.91. The van der Waals surface area contributed by atoms with Crippen LogP contribution in [0.15, 0.2) is 29.4 Å². The van der Waals surface area contributed by atoms with Crippen LogP contribution in [0.2, 0.25) is 0 Å². The molecule has 4 N–H and O–H groups in total. The van der Waals surface area contributed by atoms with Crippen LogP contribution in [-0.2, 0) is 0 Å². The van der Waals surface area contributed by atoms with Gasteiger partial charge in [-0.3, -0.25) is 0 Å². The largest absolute Gasteiger partial charge is 0.497 e. The maximum Gasteiger partial charge on any atom is 0.319 e. The number of nitro groups is 1. The van der Waals surface area contributed by atoms with Crippen molar-refractivity contribution in [3.63, 3.8) is 0 Å². The Labute approximate surface area is 96.9 Å². The lowest BCUT2D eigenvalue weighted by molar-refractivity contribution is -0.528. The number of hydrogen-bond acceptors (Lipinski definition) is 4. The van der Waals surface area contributed by atoms with Gasteiger partial charge in [-0.25, -0.2) is 10.1 Å². The molecule has 0 atom stereocenters. The number of hydrazone groups is 1. The number of methoxy groups -OCH3 is 1. The number of benzene rings is 1. The second kappa shape index (κ2) is 6.05. The van der Waals surface area contributed by atoms with Gasteiger partial charge in [0.05, 0.1) is 7.11 Å². The fraction of sp³-hybridized carbons (Fsp3) is 0.111. The van der Waals surface area contributed by atoms with Crippen molar-refractivity contribution >= 4 is 12.2 Å². The van der Waals surface area contributed by atoms with Gasteiger partial charge in [-0.1, -0.05) is 5.43 Å². The third kappa shape index (κ3) is 4.60. The van der Waals surface area contributed by atoms with Gasteiger partial charge in [0, 0.05) is 10.7 Å². The van der Waals surface area contributed by atoms with E-state index in [4.69, 9.17) is 10.5 Å². The molecule has 0 amide bonds. The van der Waals surface area contributed by atoms with Crippen molar-refractivity contribution in [3.05, 3.63) is 39.9 Å². The van der Waals surface area contributed by atoms with Crippen LogP contribution in [0.5, 0.6) is 5.75 Å². The third-order valence-corrected chi connectivity index (χ3v) is 1.74. The molecule has 1 aromatic carbocycles. The SMILES string of the molecule is COc1ccc(/C=[NH+]\N=C(N)N[N+](=O)[O-])cc1. The number of rotatable bonds is 4. The fourth-order valence-corrected chi connectivity index (χ4v) is 0.995. The molecule has 17 heavy (non-hydrogen) atoms. The molecule has 0 saturated carbocycles. The zero-order valence-electron chi connectivity index (χ0n) is 9.08. The van der Waals surface area contributed by atoms with E-state index < -0.39 is 5.03 Å². The van der Waals surface area contributed by atoms with Gasteiger partial charge in [0.2, 0.25) is 6.21 Å². The van der Waals surface area contributed by atoms with E-state index in [0.717, 1.165) is 11.3 Å². The van der Waals surface area contributed by atoms with Crippen molar-refractivity contribution < 1.29 is 14.9 Å². The van der Waals surface area contributed by atoms with Crippen molar-refractivity contribution in [2.45, 2.75) is 0 Å². The Kier molecular flexibility index (Phi) is 4.43. The van der Waals surface area contributed by atoms with Crippen LogP contribution < -0.4 is 21.0 Å². The third-order valence-electron chi connectivity index (χ3n) is 1.74. The molecule has 0 saturated heterocycles. The topological polar surface area (TPSA) is 117 Å². The van der Waals surface area contributed by atoms with Crippen LogP contribution in [-0.4, -0.2) is 24.3 Å². The first-order valence-corrected chi connectivity index (χ1v) is 4.59. The second-order valence-electron chi connectivity index (χ2n) is 2.91. The predicted molar refractivity (Wildman–Crippen MR) is 60.9 cm³/mol. The van der Waals surface area contributed by atoms with Gasteiger partial charge < -0.3 is 10.5 Å². The molecule has 0 aliphatic rings. The normalized spacial score (nSPS) is 11.5. The molecule has 0 fully saturated rings. The Hall–Kier alpha value is -2.64. The molecule has 0 bridgehead atoms. The quantitative estimate of drug-likeness (QED) is 0.248. The van der Waals surface area contributed by atoms with Gasteiger partial charge in [-0.15, -0.1) is 5.10 Å². The zero-order valence-corrected chi connectivity index (χ0v) is 9.08. The van der Waals surface area contributed by atoms with Crippen LogP contribution >= 0.6 is 0 Å². The lowest BCUT2D eigenvalue weighted by Gasteiger charge is -1.96. The highest BCUT2D eigenvalue weighted by molar-refractivity contribution is 5.77. The van der Waals surface area contributed by atoms with Gasteiger partial charge >= 0.3 is 5.96 Å². The van der Waals surface area contributed by atoms with E-state index in [9.17, 15) is 10.1 Å². The molecule has 1 rings (SSSR count). The molecule has 0 aliphatic carbocycles. The molecule has 0 heterocycles. The molecule has 0 aromatic heterocycles. The molecule has 0 aliphatic heterocycles. The van der Waals surface area contributed by atoms with Crippen molar-refractivity contribution in [2.24, 2.45) is 10.8 Å². The smallest absolute Gasteiger partial charge is 0.319 e. The summed E-state index contributed by atoms with van der Waals surface area (Å²) in [5.74, 6) is 0.403. The summed E-state index contributed by atoms with van der Waals surface area (Å²) in [6.45, 7) is 0. The summed E-state index contributed by atoms with van der Waals surface area (Å²) in [5.41, 5.74) is 7.70. The molecule has 90 valence electrons. The summed E-state index contributed by atoms with van der Waals surface area (Å²) < 4.78 is 4.99. The number of nitrogens with one attached hydrogen (secondary N) is 2. The Morgan fingerprint density at radius 2 is 2.24 bits per heavy atom. The number of ether oxygens (including phenoxy) is 1. The predicted octanol–water partition coefficient (Wildman–Crippen LogP) is -1.79. The molecule has 1 aromatic rings. The number of nitrogens with two attached hydrogens (primary N) is 1. The van der Waals surface area contributed by atoms with Gasteiger partial charge in [0.15, 0.2) is 5.03 Å². The minimum Gasteiger partial charge on any atom is -0.497 e. The highest BCUT2D eigenvalue weighted by Crippen LogP contribution is 2.08. The van der Waals surface area contributed by atoms with Gasteiger partial charge in [-0.05, 0) is 24.3 Å². The zero-order chi connectivity index (χ0) is 12.7. The lowest BCUT2D eigenvalue weighted by atomic mass is 10.2. The van der Waals surface area contributed by atoms with Gasteiger partial charge in [0.25, 0.3) is 0 Å². The van der Waals surface area contributed by atoms with Gasteiger partial charge in [0.1, 0.15) is 5.75 Å². The van der Waals surface area contributed by atoms with Crippen LogP contribution in [0, 0.1) is 10.1 Å². The average molecular weight is 238 g/mol. The Balaban J connectivity index is 2.61. The lowest BCUT2D eigenvalue weighted by Crippen LogP contribution is -2.64. The summed E-state index contributed by atoms with van der Waals surface area (Å²) in [4.78, 5) is 10.00. The number of hydrogen-bond donors (Lipinski definition) is 3. The van der Waals surface area contributed by atoms with E-state index in [1.807, 2.05) is 0 Å². The molecular weight excluding hydrogens is 226 g/mol. The van der Waals surface area contributed by atoms with Crippen LogP contribution in [0.4, 0.5) is 0 Å². The molecule has 0 unspecified atom stereocenters. The highest BCUT2D eigenvalue weighted by atomic mass is 16.7. The minimum absolute atomic E-state index is 0.334. The standard InChI is InChI=1S/C9H11N5O3/c1-17-8-4-2-7(3-5-8)6-11-12-9(10)13-14(15)16/h2-6H,1H3,(H3,10,12,13)/p+1/b11-6-. The summed E-state index contributed by atoms with van der Waals surface area (Å²) in [5, 5.41) is 15.2. The fourth-order valence-electron chi connectivity index (χ4n) is 0.995. The summed E-state index contributed by atoms with van der Waals surface area (Å²) in [6, 6.07) is 7.13. The Morgan fingerprint density at radius 3 is 2.76 bits per heavy atom. The molecule has 8 nitrogen and oxygen atoms in total. The van der Waals surface area contributed by atoms with E-state index in [-0.39, 0.29) is 5.96 Å². The summed E-state index contributed by atoms with van der Waals surface area (Å²) in [6.07, 6.45) is 1.54. The molecule has 8 heteroatoms. The Bertz CT molecular complexity index is 440. The van der Waals surface area contributed by atoms with Crippen LogP contribution in [0.3, 0.4) is 0 Å². The number of guanidine groups is 1. The summed E-state index contributed by atoms with van der Waals surface area (Å²) in [7, 11) is 1.57. The molecule has 0 spiro atoms. The molecular formula is C9H12N5O3+. The van der Waals surface area contributed by atoms with E-state index in [1.165, 1.54) is 6.21 Å². The number of nitrogens with zero attached hydrogens (tertiary/aromatic N) is 2.